The first-order chi connectivity index (χ1) is 11.5. The van der Waals surface area contributed by atoms with E-state index in [-0.39, 0.29) is 5.91 Å². The summed E-state index contributed by atoms with van der Waals surface area (Å²) in [5.41, 5.74) is 1.52. The Hall–Kier alpha value is -1.95. The molecule has 0 aliphatic heterocycles. The van der Waals surface area contributed by atoms with Crippen molar-refractivity contribution < 1.29 is 4.79 Å². The first kappa shape index (κ1) is 16.9. The normalized spacial score (nSPS) is 11.2. The van der Waals surface area contributed by atoms with Gasteiger partial charge in [-0.15, -0.1) is 0 Å². The van der Waals surface area contributed by atoms with Gasteiger partial charge in [0.15, 0.2) is 5.13 Å². The first-order valence-electron chi connectivity index (χ1n) is 7.62. The molecule has 3 rings (SSSR count). The smallest absolute Gasteiger partial charge is 0.260 e. The third kappa shape index (κ3) is 3.75. The van der Waals surface area contributed by atoms with E-state index in [2.05, 4.69) is 9.88 Å². The van der Waals surface area contributed by atoms with E-state index in [0.717, 1.165) is 21.9 Å². The Morgan fingerprint density at radius 2 is 1.79 bits per heavy atom. The maximum atomic E-state index is 13.0. The van der Waals surface area contributed by atoms with Crippen molar-refractivity contribution in [3.05, 3.63) is 59.1 Å². The molecule has 1 heterocycles. The molecule has 0 bridgehead atoms. The van der Waals surface area contributed by atoms with Crippen LogP contribution in [0.4, 0.5) is 5.13 Å². The van der Waals surface area contributed by atoms with E-state index < -0.39 is 0 Å². The van der Waals surface area contributed by atoms with Crippen molar-refractivity contribution >= 4 is 44.2 Å². The van der Waals surface area contributed by atoms with Crippen LogP contribution in [-0.2, 0) is 0 Å². The number of halogens is 1. The number of aromatic nitrogens is 1. The van der Waals surface area contributed by atoms with Crippen molar-refractivity contribution in [2.24, 2.45) is 0 Å². The molecule has 1 amide bonds. The summed E-state index contributed by atoms with van der Waals surface area (Å²) in [5, 5.41) is 1.34. The summed E-state index contributed by atoms with van der Waals surface area (Å²) < 4.78 is 1.08. The van der Waals surface area contributed by atoms with Crippen molar-refractivity contribution in [1.29, 1.82) is 0 Å². The number of rotatable bonds is 5. The maximum Gasteiger partial charge on any atom is 0.260 e. The van der Waals surface area contributed by atoms with Crippen molar-refractivity contribution in [3.63, 3.8) is 0 Å². The highest BCUT2D eigenvalue weighted by Crippen LogP contribution is 2.29. The van der Waals surface area contributed by atoms with Crippen LogP contribution in [0.15, 0.2) is 48.5 Å². The fourth-order valence-corrected chi connectivity index (χ4v) is 3.42. The summed E-state index contributed by atoms with van der Waals surface area (Å²) in [4.78, 5) is 21.4. The molecule has 0 fully saturated rings. The van der Waals surface area contributed by atoms with Gasteiger partial charge in [0.2, 0.25) is 0 Å². The predicted molar refractivity (Wildman–Crippen MR) is 101 cm³/mol. The number of para-hydroxylation sites is 1. The predicted octanol–water partition coefficient (Wildman–Crippen LogP) is 4.16. The van der Waals surface area contributed by atoms with Crippen LogP contribution in [0.2, 0.25) is 5.02 Å². The number of nitrogens with zero attached hydrogens (tertiary/aromatic N) is 3. The maximum absolute atomic E-state index is 13.0. The van der Waals surface area contributed by atoms with Crippen LogP contribution in [0.25, 0.3) is 10.2 Å². The summed E-state index contributed by atoms with van der Waals surface area (Å²) in [5.74, 6) is -0.0624. The van der Waals surface area contributed by atoms with Crippen molar-refractivity contribution in [3.8, 4) is 0 Å². The lowest BCUT2D eigenvalue weighted by atomic mass is 10.2. The summed E-state index contributed by atoms with van der Waals surface area (Å²) in [6.07, 6.45) is 0. The second kappa shape index (κ2) is 7.30. The Balaban J connectivity index is 1.95. The molecule has 0 unspecified atom stereocenters. The van der Waals surface area contributed by atoms with Crippen LogP contribution in [0.1, 0.15) is 10.4 Å². The van der Waals surface area contributed by atoms with E-state index >= 15 is 0 Å². The van der Waals surface area contributed by atoms with Gasteiger partial charge >= 0.3 is 0 Å². The zero-order chi connectivity index (χ0) is 17.1. The van der Waals surface area contributed by atoms with Gasteiger partial charge in [0.05, 0.1) is 10.2 Å². The van der Waals surface area contributed by atoms with E-state index in [1.165, 1.54) is 11.3 Å². The van der Waals surface area contributed by atoms with Gasteiger partial charge in [-0.2, -0.15) is 0 Å². The quantitative estimate of drug-likeness (QED) is 0.686. The van der Waals surface area contributed by atoms with E-state index in [9.17, 15) is 4.79 Å². The summed E-state index contributed by atoms with van der Waals surface area (Å²) in [6, 6.07) is 14.9. The molecule has 0 saturated carbocycles. The fourth-order valence-electron chi connectivity index (χ4n) is 2.31. The van der Waals surface area contributed by atoms with Gasteiger partial charge in [-0.3, -0.25) is 9.69 Å². The third-order valence-electron chi connectivity index (χ3n) is 3.62. The number of benzene rings is 2. The lowest BCUT2D eigenvalue weighted by Crippen LogP contribution is -2.36. The molecule has 0 N–H and O–H groups in total. The van der Waals surface area contributed by atoms with Crippen LogP contribution in [0.5, 0.6) is 0 Å². The average molecular weight is 360 g/mol. The SMILES string of the molecule is CN(C)CCN(C(=O)c1ccc(Cl)cc1)c1nc2ccccc2s1. The number of likely N-dealkylation sites (N-methyl/N-ethyl adjacent to an activating group) is 1. The Labute approximate surface area is 150 Å². The number of thiazole rings is 1. The molecule has 0 spiro atoms. The third-order valence-corrected chi connectivity index (χ3v) is 4.93. The lowest BCUT2D eigenvalue weighted by molar-refractivity contribution is 0.0985. The fraction of sp³-hybridized carbons (Fsp3) is 0.222. The van der Waals surface area contributed by atoms with Crippen molar-refractivity contribution in [2.45, 2.75) is 0 Å². The van der Waals surface area contributed by atoms with E-state index in [4.69, 9.17) is 11.6 Å². The minimum Gasteiger partial charge on any atom is -0.308 e. The Morgan fingerprint density at radius 1 is 1.08 bits per heavy atom. The van der Waals surface area contributed by atoms with E-state index in [1.807, 2.05) is 38.4 Å². The lowest BCUT2D eigenvalue weighted by Gasteiger charge is -2.22. The number of carbonyl (C=O) groups is 1. The van der Waals surface area contributed by atoms with Gasteiger partial charge in [-0.1, -0.05) is 35.1 Å². The molecular formula is C18H18ClN3OS. The molecule has 0 saturated heterocycles. The molecule has 3 aromatic rings. The second-order valence-corrected chi connectivity index (χ2v) is 7.18. The molecule has 4 nitrogen and oxygen atoms in total. The number of anilines is 1. The molecular weight excluding hydrogens is 342 g/mol. The molecule has 124 valence electrons. The molecule has 0 radical (unpaired) electrons. The largest absolute Gasteiger partial charge is 0.308 e. The molecule has 0 atom stereocenters. The summed E-state index contributed by atoms with van der Waals surface area (Å²) in [7, 11) is 3.98. The van der Waals surface area contributed by atoms with Gasteiger partial charge in [0.1, 0.15) is 0 Å². The van der Waals surface area contributed by atoms with E-state index in [0.29, 0.717) is 17.1 Å². The average Bonchev–Trinajstić information content (AvgIpc) is 2.99. The Kier molecular flexibility index (Phi) is 5.14. The molecule has 2 aromatic carbocycles. The summed E-state index contributed by atoms with van der Waals surface area (Å²) >= 11 is 7.46. The van der Waals surface area contributed by atoms with Crippen LogP contribution in [-0.4, -0.2) is 43.0 Å². The number of fused-ring (bicyclic) bond motifs is 1. The topological polar surface area (TPSA) is 36.4 Å². The number of hydrogen-bond donors (Lipinski definition) is 0. The van der Waals surface area contributed by atoms with Crippen molar-refractivity contribution in [1.82, 2.24) is 9.88 Å². The van der Waals surface area contributed by atoms with Crippen LogP contribution >= 0.6 is 22.9 Å². The number of amides is 1. The Morgan fingerprint density at radius 3 is 2.46 bits per heavy atom. The Bertz CT molecular complexity index is 812. The van der Waals surface area contributed by atoms with Gasteiger partial charge in [0.25, 0.3) is 5.91 Å². The van der Waals surface area contributed by atoms with Crippen LogP contribution in [0.3, 0.4) is 0 Å². The zero-order valence-electron chi connectivity index (χ0n) is 13.6. The molecule has 6 heteroatoms. The molecule has 0 aliphatic carbocycles. The molecule has 1 aromatic heterocycles. The number of hydrogen-bond acceptors (Lipinski definition) is 4. The molecule has 0 aliphatic rings. The van der Waals surface area contributed by atoms with Gasteiger partial charge < -0.3 is 4.90 Å². The van der Waals surface area contributed by atoms with Gasteiger partial charge in [-0.05, 0) is 50.5 Å². The highest BCUT2D eigenvalue weighted by molar-refractivity contribution is 7.22. The monoisotopic (exact) mass is 359 g/mol. The zero-order valence-corrected chi connectivity index (χ0v) is 15.1. The highest BCUT2D eigenvalue weighted by Gasteiger charge is 2.21. The van der Waals surface area contributed by atoms with E-state index in [1.54, 1.807) is 29.2 Å². The van der Waals surface area contributed by atoms with Gasteiger partial charge in [0, 0.05) is 23.7 Å². The van der Waals surface area contributed by atoms with Crippen molar-refractivity contribution in [2.75, 3.05) is 32.1 Å². The second-order valence-electron chi connectivity index (χ2n) is 5.73. The van der Waals surface area contributed by atoms with Crippen LogP contribution in [0, 0.1) is 0 Å². The highest BCUT2D eigenvalue weighted by atomic mass is 35.5. The molecule has 24 heavy (non-hydrogen) atoms. The first-order valence-corrected chi connectivity index (χ1v) is 8.82. The number of carbonyl (C=O) groups excluding carboxylic acids is 1. The van der Waals surface area contributed by atoms with Gasteiger partial charge in [-0.25, -0.2) is 4.98 Å². The standard InChI is InChI=1S/C18H18ClN3OS/c1-21(2)11-12-22(17(23)13-7-9-14(19)10-8-13)18-20-15-5-3-4-6-16(15)24-18/h3-10H,11-12H2,1-2H3. The van der Waals surface area contributed by atoms with Crippen LogP contribution < -0.4 is 4.90 Å². The minimum atomic E-state index is -0.0624. The minimum absolute atomic E-state index is 0.0624. The summed E-state index contributed by atoms with van der Waals surface area (Å²) in [6.45, 7) is 1.34.